The Kier molecular flexibility index (Phi) is 2.68. The van der Waals surface area contributed by atoms with E-state index in [1.54, 1.807) is 11.3 Å². The lowest BCUT2D eigenvalue weighted by Crippen LogP contribution is -2.08. The third-order valence-electron chi connectivity index (χ3n) is 1.12. The second-order valence-electron chi connectivity index (χ2n) is 1.94. The van der Waals surface area contributed by atoms with Gasteiger partial charge in [0.1, 0.15) is 5.50 Å². The van der Waals surface area contributed by atoms with Gasteiger partial charge in [-0.05, 0) is 19.1 Å². The fourth-order valence-electron chi connectivity index (χ4n) is 0.653. The molecule has 1 aromatic heterocycles. The predicted molar refractivity (Wildman–Crippen MR) is 42.6 cm³/mol. The Hall–Kier alpha value is -0.0900. The Labute approximate surface area is 68.4 Å². The van der Waals surface area contributed by atoms with Gasteiger partial charge < -0.3 is 5.21 Å². The molecule has 0 aliphatic heterocycles. The first-order valence-corrected chi connectivity index (χ1v) is 4.09. The number of nitrogens with one attached hydrogen (secondary N) is 1. The number of hydroxylamine groups is 1. The molecule has 2 nitrogen and oxygen atoms in total. The van der Waals surface area contributed by atoms with E-state index < -0.39 is 5.50 Å². The molecule has 0 spiro atoms. The van der Waals surface area contributed by atoms with Crippen LogP contribution in [0.15, 0.2) is 12.1 Å². The normalized spacial score (nSPS) is 13.5. The van der Waals surface area contributed by atoms with Crippen LogP contribution in [0, 0.1) is 6.92 Å². The molecular formula is C6H8ClNOS. The van der Waals surface area contributed by atoms with Crippen molar-refractivity contribution < 1.29 is 5.21 Å². The fraction of sp³-hybridized carbons (Fsp3) is 0.333. The smallest absolute Gasteiger partial charge is 0.140 e. The summed E-state index contributed by atoms with van der Waals surface area (Å²) in [5.41, 5.74) is 1.50. The fourth-order valence-corrected chi connectivity index (χ4v) is 1.66. The Morgan fingerprint density at radius 1 is 1.70 bits per heavy atom. The van der Waals surface area contributed by atoms with E-state index in [4.69, 9.17) is 16.8 Å². The molecule has 1 unspecified atom stereocenters. The van der Waals surface area contributed by atoms with Crippen LogP contribution in [0.5, 0.6) is 0 Å². The minimum absolute atomic E-state index is 0.473. The van der Waals surface area contributed by atoms with E-state index in [0.29, 0.717) is 0 Å². The number of hydrogen-bond donors (Lipinski definition) is 2. The van der Waals surface area contributed by atoms with Crippen LogP contribution < -0.4 is 5.48 Å². The van der Waals surface area contributed by atoms with E-state index in [0.717, 1.165) is 4.88 Å². The largest absolute Gasteiger partial charge is 0.315 e. The van der Waals surface area contributed by atoms with Crippen molar-refractivity contribution in [3.8, 4) is 0 Å². The summed E-state index contributed by atoms with van der Waals surface area (Å²) in [5, 5.41) is 8.42. The Morgan fingerprint density at radius 3 is 2.80 bits per heavy atom. The van der Waals surface area contributed by atoms with Crippen molar-refractivity contribution in [2.24, 2.45) is 0 Å². The van der Waals surface area contributed by atoms with Gasteiger partial charge in [-0.1, -0.05) is 11.6 Å². The standard InChI is InChI=1S/C6H8ClNOS/c1-4-2-3-5(10-4)6(7)8-9/h2-3,6,8-9H,1H3. The zero-order chi connectivity index (χ0) is 7.56. The third-order valence-corrected chi connectivity index (χ3v) is 2.65. The van der Waals surface area contributed by atoms with Crippen molar-refractivity contribution in [3.63, 3.8) is 0 Å². The molecule has 0 amide bonds. The molecule has 10 heavy (non-hydrogen) atoms. The molecular weight excluding hydrogens is 170 g/mol. The van der Waals surface area contributed by atoms with E-state index in [-0.39, 0.29) is 0 Å². The third kappa shape index (κ3) is 1.70. The summed E-state index contributed by atoms with van der Waals surface area (Å²) in [5.74, 6) is 0. The van der Waals surface area contributed by atoms with Crippen molar-refractivity contribution >= 4 is 22.9 Å². The topological polar surface area (TPSA) is 32.3 Å². The molecule has 0 bridgehead atoms. The number of rotatable bonds is 2. The maximum atomic E-state index is 8.42. The first-order chi connectivity index (χ1) is 4.74. The second-order valence-corrected chi connectivity index (χ2v) is 3.70. The lowest BCUT2D eigenvalue weighted by atomic mass is 10.4. The minimum atomic E-state index is -0.473. The highest BCUT2D eigenvalue weighted by atomic mass is 35.5. The van der Waals surface area contributed by atoms with E-state index in [1.165, 1.54) is 4.88 Å². The second kappa shape index (κ2) is 3.34. The average Bonchev–Trinajstić information content (AvgIpc) is 2.34. The van der Waals surface area contributed by atoms with Gasteiger partial charge in [-0.25, -0.2) is 0 Å². The highest BCUT2D eigenvalue weighted by Gasteiger charge is 2.06. The van der Waals surface area contributed by atoms with E-state index in [9.17, 15) is 0 Å². The molecule has 1 heterocycles. The SMILES string of the molecule is Cc1ccc(C(Cl)NO)s1. The zero-order valence-electron chi connectivity index (χ0n) is 5.47. The van der Waals surface area contributed by atoms with Gasteiger partial charge in [-0.15, -0.1) is 11.3 Å². The summed E-state index contributed by atoms with van der Waals surface area (Å²) in [6.45, 7) is 2.00. The zero-order valence-corrected chi connectivity index (χ0v) is 7.04. The summed E-state index contributed by atoms with van der Waals surface area (Å²) in [7, 11) is 0. The molecule has 56 valence electrons. The van der Waals surface area contributed by atoms with Crippen molar-refractivity contribution in [3.05, 3.63) is 21.9 Å². The van der Waals surface area contributed by atoms with Crippen LogP contribution in [0.1, 0.15) is 15.3 Å². The molecule has 1 rings (SSSR count). The monoisotopic (exact) mass is 177 g/mol. The summed E-state index contributed by atoms with van der Waals surface area (Å²) >= 11 is 7.22. The van der Waals surface area contributed by atoms with E-state index in [2.05, 4.69) is 0 Å². The molecule has 0 fully saturated rings. The molecule has 1 atom stereocenters. The summed E-state index contributed by atoms with van der Waals surface area (Å²) < 4.78 is 0. The quantitative estimate of drug-likeness (QED) is 0.413. The molecule has 0 radical (unpaired) electrons. The van der Waals surface area contributed by atoms with Crippen LogP contribution in [0.2, 0.25) is 0 Å². The van der Waals surface area contributed by atoms with Gasteiger partial charge in [0.05, 0.1) is 0 Å². The van der Waals surface area contributed by atoms with Crippen molar-refractivity contribution in [1.82, 2.24) is 5.48 Å². The van der Waals surface area contributed by atoms with Crippen LogP contribution in [-0.2, 0) is 0 Å². The number of alkyl halides is 1. The average molecular weight is 178 g/mol. The first-order valence-electron chi connectivity index (χ1n) is 2.84. The lowest BCUT2D eigenvalue weighted by Gasteiger charge is -2.01. The van der Waals surface area contributed by atoms with E-state index >= 15 is 0 Å². The van der Waals surface area contributed by atoms with Crippen molar-refractivity contribution in [1.29, 1.82) is 0 Å². The molecule has 0 saturated heterocycles. The first kappa shape index (κ1) is 8.01. The molecule has 0 saturated carbocycles. The van der Waals surface area contributed by atoms with Crippen LogP contribution >= 0.6 is 22.9 Å². The van der Waals surface area contributed by atoms with E-state index in [1.807, 2.05) is 24.5 Å². The number of aryl methyl sites for hydroxylation is 1. The van der Waals surface area contributed by atoms with Crippen LogP contribution in [0.3, 0.4) is 0 Å². The predicted octanol–water partition coefficient (Wildman–Crippen LogP) is 2.27. The van der Waals surface area contributed by atoms with Crippen LogP contribution in [-0.4, -0.2) is 5.21 Å². The number of halogens is 1. The Balaban J connectivity index is 2.74. The van der Waals surface area contributed by atoms with Crippen LogP contribution in [0.4, 0.5) is 0 Å². The molecule has 0 aromatic carbocycles. The highest BCUT2D eigenvalue weighted by Crippen LogP contribution is 2.24. The lowest BCUT2D eigenvalue weighted by molar-refractivity contribution is 0.156. The molecule has 4 heteroatoms. The number of hydrogen-bond acceptors (Lipinski definition) is 3. The van der Waals surface area contributed by atoms with Gasteiger partial charge >= 0.3 is 0 Å². The maximum Gasteiger partial charge on any atom is 0.140 e. The van der Waals surface area contributed by atoms with Crippen molar-refractivity contribution in [2.75, 3.05) is 0 Å². The van der Waals surface area contributed by atoms with Crippen molar-refractivity contribution in [2.45, 2.75) is 12.4 Å². The molecule has 1 aromatic rings. The van der Waals surface area contributed by atoms with Crippen LogP contribution in [0.25, 0.3) is 0 Å². The van der Waals surface area contributed by atoms with Gasteiger partial charge in [0, 0.05) is 9.75 Å². The van der Waals surface area contributed by atoms with Gasteiger partial charge in [0.15, 0.2) is 0 Å². The minimum Gasteiger partial charge on any atom is -0.315 e. The molecule has 0 aliphatic rings. The molecule has 0 aliphatic carbocycles. The summed E-state index contributed by atoms with van der Waals surface area (Å²) in [6, 6.07) is 3.85. The highest BCUT2D eigenvalue weighted by molar-refractivity contribution is 7.12. The number of thiophene rings is 1. The maximum absolute atomic E-state index is 8.42. The van der Waals surface area contributed by atoms with Gasteiger partial charge in [-0.2, -0.15) is 5.48 Å². The molecule has 2 N–H and O–H groups in total. The van der Waals surface area contributed by atoms with Gasteiger partial charge in [0.2, 0.25) is 0 Å². The Morgan fingerprint density at radius 2 is 2.40 bits per heavy atom. The Bertz CT molecular complexity index is 213. The summed E-state index contributed by atoms with van der Waals surface area (Å²) in [6.07, 6.45) is 0. The van der Waals surface area contributed by atoms with Gasteiger partial charge in [-0.3, -0.25) is 0 Å². The van der Waals surface area contributed by atoms with Gasteiger partial charge in [0.25, 0.3) is 0 Å². The summed E-state index contributed by atoms with van der Waals surface area (Å²) in [4.78, 5) is 2.12.